The molecule has 1 saturated heterocycles. The van der Waals surface area contributed by atoms with Gasteiger partial charge in [-0.25, -0.2) is 9.40 Å². The van der Waals surface area contributed by atoms with Gasteiger partial charge in [-0.1, -0.05) is 0 Å². The molecule has 1 fully saturated rings. The number of amides is 1. The Kier molecular flexibility index (Phi) is 5.77. The Balaban J connectivity index is 1.27. The van der Waals surface area contributed by atoms with Crippen molar-refractivity contribution in [2.45, 2.75) is 18.9 Å². The maximum absolute atomic E-state index is 13.3. The minimum absolute atomic E-state index is 0.0665. The zero-order valence-corrected chi connectivity index (χ0v) is 17.7. The number of furan rings is 2. The molecule has 2 aromatic heterocycles. The van der Waals surface area contributed by atoms with Gasteiger partial charge in [-0.05, 0) is 55.0 Å². The van der Waals surface area contributed by atoms with E-state index in [9.17, 15) is 9.18 Å². The highest BCUT2D eigenvalue weighted by Gasteiger charge is 2.36. The van der Waals surface area contributed by atoms with Gasteiger partial charge < -0.3 is 13.7 Å². The third-order valence-electron chi connectivity index (χ3n) is 5.98. The van der Waals surface area contributed by atoms with Crippen molar-refractivity contribution in [2.24, 2.45) is 5.10 Å². The number of hydrazone groups is 1. The molecule has 7 nitrogen and oxygen atoms in total. The van der Waals surface area contributed by atoms with Gasteiger partial charge in [0.1, 0.15) is 29.1 Å². The number of halogens is 1. The lowest BCUT2D eigenvalue weighted by atomic mass is 10.1. The van der Waals surface area contributed by atoms with Crippen molar-refractivity contribution in [3.63, 3.8) is 0 Å². The van der Waals surface area contributed by atoms with Crippen LogP contribution in [0.1, 0.15) is 30.4 Å². The van der Waals surface area contributed by atoms with Gasteiger partial charge >= 0.3 is 0 Å². The molecule has 0 bridgehead atoms. The van der Waals surface area contributed by atoms with Gasteiger partial charge in [-0.15, -0.1) is 0 Å². The van der Waals surface area contributed by atoms with Crippen molar-refractivity contribution in [3.8, 4) is 0 Å². The lowest BCUT2D eigenvalue weighted by Gasteiger charge is -2.25. The fraction of sp³-hybridized carbons (Fsp3) is 0.333. The van der Waals surface area contributed by atoms with E-state index in [1.165, 1.54) is 12.1 Å². The van der Waals surface area contributed by atoms with E-state index in [0.29, 0.717) is 17.9 Å². The summed E-state index contributed by atoms with van der Waals surface area (Å²) in [5.41, 5.74) is 1.74. The molecular formula is C24H25FN4O3. The van der Waals surface area contributed by atoms with E-state index in [2.05, 4.69) is 14.9 Å². The SMILES string of the molecule is O=C(CN1CCCN(c2ccc(F)cc2)CC1)N1N=C(c2ccco2)CC1c1ccco1. The minimum atomic E-state index is -0.278. The molecule has 4 heterocycles. The first kappa shape index (κ1) is 20.5. The Hall–Kier alpha value is -3.39. The van der Waals surface area contributed by atoms with Crippen molar-refractivity contribution in [1.82, 2.24) is 9.91 Å². The van der Waals surface area contributed by atoms with Crippen LogP contribution in [0.2, 0.25) is 0 Å². The van der Waals surface area contributed by atoms with Crippen LogP contribution in [0.25, 0.3) is 0 Å². The van der Waals surface area contributed by atoms with Crippen LogP contribution in [0.3, 0.4) is 0 Å². The Morgan fingerprint density at radius 2 is 1.81 bits per heavy atom. The molecule has 32 heavy (non-hydrogen) atoms. The van der Waals surface area contributed by atoms with Crippen LogP contribution in [0.15, 0.2) is 75.0 Å². The largest absolute Gasteiger partial charge is 0.467 e. The Labute approximate surface area is 185 Å². The van der Waals surface area contributed by atoms with Crippen molar-refractivity contribution in [1.29, 1.82) is 0 Å². The summed E-state index contributed by atoms with van der Waals surface area (Å²) in [5, 5.41) is 6.14. The molecule has 2 aliphatic rings. The third-order valence-corrected chi connectivity index (χ3v) is 5.98. The summed E-state index contributed by atoms with van der Waals surface area (Å²) in [6.45, 7) is 3.50. The van der Waals surface area contributed by atoms with Gasteiger partial charge in [0.15, 0.2) is 0 Å². The third kappa shape index (κ3) is 4.31. The van der Waals surface area contributed by atoms with Crippen LogP contribution in [-0.2, 0) is 4.79 Å². The number of anilines is 1. The van der Waals surface area contributed by atoms with Gasteiger partial charge in [-0.2, -0.15) is 5.10 Å². The number of benzene rings is 1. The topological polar surface area (TPSA) is 65.4 Å². The summed E-state index contributed by atoms with van der Waals surface area (Å²) in [7, 11) is 0. The monoisotopic (exact) mass is 436 g/mol. The molecule has 1 unspecified atom stereocenters. The Morgan fingerprint density at radius 3 is 2.56 bits per heavy atom. The molecule has 1 aromatic carbocycles. The van der Waals surface area contributed by atoms with Crippen LogP contribution in [0.5, 0.6) is 0 Å². The van der Waals surface area contributed by atoms with Crippen molar-refractivity contribution >= 4 is 17.3 Å². The highest BCUT2D eigenvalue weighted by molar-refractivity contribution is 6.01. The number of rotatable bonds is 5. The summed E-state index contributed by atoms with van der Waals surface area (Å²) in [6.07, 6.45) is 4.69. The lowest BCUT2D eigenvalue weighted by molar-refractivity contribution is -0.134. The second kappa shape index (κ2) is 9.00. The normalized spacial score (nSPS) is 19.8. The molecular weight excluding hydrogens is 411 g/mol. The molecule has 3 aromatic rings. The average molecular weight is 436 g/mol. The predicted molar refractivity (Wildman–Crippen MR) is 118 cm³/mol. The summed E-state index contributed by atoms with van der Waals surface area (Å²) >= 11 is 0. The molecule has 2 aliphatic heterocycles. The van der Waals surface area contributed by atoms with Crippen molar-refractivity contribution in [3.05, 3.63) is 78.4 Å². The van der Waals surface area contributed by atoms with Crippen LogP contribution >= 0.6 is 0 Å². The second-order valence-corrected chi connectivity index (χ2v) is 8.09. The Morgan fingerprint density at radius 1 is 1.00 bits per heavy atom. The molecule has 8 heteroatoms. The molecule has 0 N–H and O–H groups in total. The van der Waals surface area contributed by atoms with E-state index < -0.39 is 0 Å². The average Bonchev–Trinajstić information content (AvgIpc) is 3.55. The quantitative estimate of drug-likeness (QED) is 0.607. The van der Waals surface area contributed by atoms with E-state index in [1.54, 1.807) is 29.7 Å². The van der Waals surface area contributed by atoms with Crippen molar-refractivity contribution < 1.29 is 18.0 Å². The molecule has 166 valence electrons. The fourth-order valence-electron chi connectivity index (χ4n) is 4.34. The standard InChI is InChI=1S/C24H25FN4O3/c25-18-6-8-19(9-7-18)28-11-3-10-27(12-13-28)17-24(30)29-21(23-5-2-15-32-23)16-20(26-29)22-4-1-14-31-22/h1-2,4-9,14-15,21H,3,10-13,16-17H2. The number of carbonyl (C=O) groups excluding carboxylic acids is 1. The predicted octanol–water partition coefficient (Wildman–Crippen LogP) is 3.90. The molecule has 0 radical (unpaired) electrons. The molecule has 0 spiro atoms. The first-order valence-electron chi connectivity index (χ1n) is 10.9. The van der Waals surface area contributed by atoms with E-state index >= 15 is 0 Å². The zero-order chi connectivity index (χ0) is 21.9. The zero-order valence-electron chi connectivity index (χ0n) is 17.7. The number of hydrogen-bond donors (Lipinski definition) is 0. The second-order valence-electron chi connectivity index (χ2n) is 8.09. The number of hydrogen-bond acceptors (Lipinski definition) is 6. The summed E-state index contributed by atoms with van der Waals surface area (Å²) in [4.78, 5) is 17.7. The van der Waals surface area contributed by atoms with Crippen LogP contribution < -0.4 is 4.90 Å². The fourth-order valence-corrected chi connectivity index (χ4v) is 4.34. The first-order chi connectivity index (χ1) is 15.7. The van der Waals surface area contributed by atoms with Crippen molar-refractivity contribution in [2.75, 3.05) is 37.6 Å². The van der Waals surface area contributed by atoms with Gasteiger partial charge in [0, 0.05) is 38.3 Å². The van der Waals surface area contributed by atoms with Crippen LogP contribution in [-0.4, -0.2) is 54.3 Å². The highest BCUT2D eigenvalue weighted by Crippen LogP contribution is 2.33. The van der Waals surface area contributed by atoms with Gasteiger partial charge in [0.25, 0.3) is 5.91 Å². The maximum atomic E-state index is 13.3. The van der Waals surface area contributed by atoms with Gasteiger partial charge in [0.2, 0.25) is 0 Å². The van der Waals surface area contributed by atoms with Crippen LogP contribution in [0.4, 0.5) is 10.1 Å². The lowest BCUT2D eigenvalue weighted by Crippen LogP contribution is -2.40. The van der Waals surface area contributed by atoms with Crippen LogP contribution in [0, 0.1) is 5.82 Å². The minimum Gasteiger partial charge on any atom is -0.467 e. The number of carbonyl (C=O) groups is 1. The molecule has 0 saturated carbocycles. The molecule has 1 amide bonds. The van der Waals surface area contributed by atoms with E-state index in [4.69, 9.17) is 8.83 Å². The molecule has 5 rings (SSSR count). The summed E-state index contributed by atoms with van der Waals surface area (Å²) in [6, 6.07) is 13.7. The van der Waals surface area contributed by atoms with E-state index in [0.717, 1.165) is 44.0 Å². The molecule has 0 aliphatic carbocycles. The summed E-state index contributed by atoms with van der Waals surface area (Å²) < 4.78 is 24.3. The van der Waals surface area contributed by atoms with Gasteiger partial charge in [-0.3, -0.25) is 9.69 Å². The smallest absolute Gasteiger partial charge is 0.257 e. The van der Waals surface area contributed by atoms with E-state index in [1.807, 2.05) is 24.3 Å². The highest BCUT2D eigenvalue weighted by atomic mass is 19.1. The van der Waals surface area contributed by atoms with E-state index in [-0.39, 0.29) is 24.3 Å². The maximum Gasteiger partial charge on any atom is 0.257 e. The number of nitrogens with zero attached hydrogens (tertiary/aromatic N) is 4. The Bertz CT molecular complexity index is 1060. The summed E-state index contributed by atoms with van der Waals surface area (Å²) in [5.74, 6) is 1.08. The first-order valence-corrected chi connectivity index (χ1v) is 10.9. The molecule has 1 atom stereocenters. The van der Waals surface area contributed by atoms with Gasteiger partial charge in [0.05, 0.1) is 19.1 Å².